The monoisotopic (exact) mass is 312 g/mol. The van der Waals surface area contributed by atoms with Gasteiger partial charge in [-0.2, -0.15) is 13.2 Å². The molecule has 17 heavy (non-hydrogen) atoms. The maximum absolute atomic E-state index is 11.9. The summed E-state index contributed by atoms with van der Waals surface area (Å²) in [6, 6.07) is 1.69. The molecule has 4 nitrogen and oxygen atoms in total. The van der Waals surface area contributed by atoms with Crippen molar-refractivity contribution in [3.63, 3.8) is 0 Å². The van der Waals surface area contributed by atoms with Crippen LogP contribution in [0.2, 0.25) is 0 Å². The molecule has 0 saturated heterocycles. The smallest absolute Gasteiger partial charge is 0.366 e. The van der Waals surface area contributed by atoms with E-state index in [1.807, 2.05) is 0 Å². The molecule has 1 aromatic heterocycles. The number of carbonyl (C=O) groups is 2. The van der Waals surface area contributed by atoms with E-state index in [0.29, 0.717) is 11.4 Å². The number of rotatable bonds is 2. The number of alkyl halides is 4. The first-order valence-electron chi connectivity index (χ1n) is 4.15. The number of pyridine rings is 1. The van der Waals surface area contributed by atoms with E-state index in [2.05, 4.69) is 20.9 Å². The van der Waals surface area contributed by atoms with Crippen molar-refractivity contribution in [1.82, 2.24) is 4.98 Å². The highest BCUT2D eigenvalue weighted by atomic mass is 79.9. The summed E-state index contributed by atoms with van der Waals surface area (Å²) in [5, 5.41) is 0.451. The Balaban J connectivity index is 0.000000557. The van der Waals surface area contributed by atoms with Crippen LogP contribution in [0.1, 0.15) is 16.1 Å². The fraction of sp³-hybridized carbons (Fsp3) is 0.222. The number of hydrogen-bond donors (Lipinski definition) is 1. The molecule has 0 unspecified atom stereocenters. The molecule has 0 aliphatic rings. The summed E-state index contributed by atoms with van der Waals surface area (Å²) >= 11 is 2.88. The first-order chi connectivity index (χ1) is 7.82. The van der Waals surface area contributed by atoms with E-state index in [1.165, 1.54) is 0 Å². The third kappa shape index (κ3) is 6.00. The summed E-state index contributed by atoms with van der Waals surface area (Å²) in [5.74, 6) is -0.804. The summed E-state index contributed by atoms with van der Waals surface area (Å²) in [5.41, 5.74) is 3.72. The third-order valence-electron chi connectivity index (χ3n) is 1.40. The van der Waals surface area contributed by atoms with Crippen LogP contribution in [0.15, 0.2) is 18.3 Å². The number of nitrogens with two attached hydrogens (primary N) is 1. The normalized spacial score (nSPS) is 10.1. The van der Waals surface area contributed by atoms with Gasteiger partial charge >= 0.3 is 6.18 Å². The zero-order valence-electron chi connectivity index (χ0n) is 8.37. The highest BCUT2D eigenvalue weighted by Gasteiger charge is 2.32. The second-order valence-electron chi connectivity index (χ2n) is 2.62. The van der Waals surface area contributed by atoms with Gasteiger partial charge in [0.05, 0.1) is 10.9 Å². The lowest BCUT2D eigenvalue weighted by Crippen LogP contribution is -2.13. The minimum Gasteiger partial charge on any atom is -0.366 e. The Morgan fingerprint density at radius 3 is 2.24 bits per heavy atom. The Bertz CT molecular complexity index is 379. The number of carbonyl (C=O) groups excluding carboxylic acids is 2. The van der Waals surface area contributed by atoms with Gasteiger partial charge in [-0.1, -0.05) is 15.9 Å². The molecule has 0 fully saturated rings. The van der Waals surface area contributed by atoms with E-state index in [-0.39, 0.29) is 5.56 Å². The second kappa shape index (κ2) is 7.00. The molecule has 0 saturated carbocycles. The van der Waals surface area contributed by atoms with Gasteiger partial charge in [-0.05, 0) is 12.1 Å². The van der Waals surface area contributed by atoms with Gasteiger partial charge in [-0.3, -0.25) is 9.78 Å². The molecule has 1 rings (SSSR count). The van der Waals surface area contributed by atoms with Crippen LogP contribution in [0.4, 0.5) is 13.2 Å². The van der Waals surface area contributed by atoms with E-state index in [9.17, 15) is 18.0 Å². The molecule has 8 heteroatoms. The SMILES string of the molecule is NC(=O)c1ccc(C(F)(F)F)nc1.O=CCBr. The van der Waals surface area contributed by atoms with Crippen molar-refractivity contribution >= 4 is 28.1 Å². The van der Waals surface area contributed by atoms with Crippen molar-refractivity contribution in [1.29, 1.82) is 0 Å². The van der Waals surface area contributed by atoms with Crippen LogP contribution >= 0.6 is 15.9 Å². The van der Waals surface area contributed by atoms with Crippen LogP contribution in [-0.2, 0) is 11.0 Å². The zero-order valence-corrected chi connectivity index (χ0v) is 9.96. The summed E-state index contributed by atoms with van der Waals surface area (Å²) in [6.45, 7) is 0. The van der Waals surface area contributed by atoms with Gasteiger partial charge in [0.25, 0.3) is 0 Å². The largest absolute Gasteiger partial charge is 0.433 e. The minimum absolute atomic E-state index is 0.0481. The molecule has 1 heterocycles. The first-order valence-corrected chi connectivity index (χ1v) is 5.27. The zero-order chi connectivity index (χ0) is 13.5. The lowest BCUT2D eigenvalue weighted by atomic mass is 10.2. The lowest BCUT2D eigenvalue weighted by molar-refractivity contribution is -0.141. The molecule has 0 aliphatic heterocycles. The van der Waals surface area contributed by atoms with Crippen molar-refractivity contribution in [2.24, 2.45) is 5.73 Å². The van der Waals surface area contributed by atoms with Crippen molar-refractivity contribution in [3.05, 3.63) is 29.6 Å². The summed E-state index contributed by atoms with van der Waals surface area (Å²) in [6.07, 6.45) is -2.90. The summed E-state index contributed by atoms with van der Waals surface area (Å²) < 4.78 is 35.8. The molecule has 0 atom stereocenters. The Morgan fingerprint density at radius 1 is 1.47 bits per heavy atom. The topological polar surface area (TPSA) is 73.1 Å². The van der Waals surface area contributed by atoms with Crippen LogP contribution in [0, 0.1) is 0 Å². The highest BCUT2D eigenvalue weighted by molar-refractivity contribution is 9.09. The van der Waals surface area contributed by atoms with Crippen molar-refractivity contribution in [2.75, 3.05) is 5.33 Å². The maximum atomic E-state index is 11.9. The van der Waals surface area contributed by atoms with E-state index in [1.54, 1.807) is 0 Å². The molecule has 0 spiro atoms. The summed E-state index contributed by atoms with van der Waals surface area (Å²) in [7, 11) is 0. The standard InChI is InChI=1S/C7H5F3N2O.C2H3BrO/c8-7(9,10)5-2-1-4(3-12-5)6(11)13;3-1-2-4/h1-3H,(H2,11,13);2H,1H2. The van der Waals surface area contributed by atoms with E-state index < -0.39 is 17.8 Å². The lowest BCUT2D eigenvalue weighted by Gasteiger charge is -2.04. The Labute approximate surface area is 103 Å². The van der Waals surface area contributed by atoms with Gasteiger partial charge in [-0.25, -0.2) is 0 Å². The van der Waals surface area contributed by atoms with E-state index >= 15 is 0 Å². The van der Waals surface area contributed by atoms with Gasteiger partial charge in [0.1, 0.15) is 12.0 Å². The molecule has 0 aliphatic carbocycles. The van der Waals surface area contributed by atoms with Crippen LogP contribution in [0.5, 0.6) is 0 Å². The maximum Gasteiger partial charge on any atom is 0.433 e. The quantitative estimate of drug-likeness (QED) is 0.668. The fourth-order valence-electron chi connectivity index (χ4n) is 0.707. The molecular formula is C9H8BrF3N2O2. The average Bonchev–Trinajstić information content (AvgIpc) is 2.28. The third-order valence-corrected chi connectivity index (χ3v) is 1.67. The van der Waals surface area contributed by atoms with Gasteiger partial charge in [-0.15, -0.1) is 0 Å². The Hall–Kier alpha value is -1.44. The van der Waals surface area contributed by atoms with Crippen molar-refractivity contribution in [3.8, 4) is 0 Å². The van der Waals surface area contributed by atoms with E-state index in [4.69, 9.17) is 10.5 Å². The number of amides is 1. The van der Waals surface area contributed by atoms with Crippen molar-refractivity contribution in [2.45, 2.75) is 6.18 Å². The van der Waals surface area contributed by atoms with Gasteiger partial charge < -0.3 is 10.5 Å². The number of hydrogen-bond acceptors (Lipinski definition) is 3. The van der Waals surface area contributed by atoms with Gasteiger partial charge in [0, 0.05) is 6.20 Å². The van der Waals surface area contributed by atoms with Crippen molar-refractivity contribution < 1.29 is 22.8 Å². The number of primary amides is 1. The first kappa shape index (κ1) is 15.6. The number of aldehydes is 1. The fourth-order valence-corrected chi connectivity index (χ4v) is 0.707. The molecule has 1 aromatic rings. The predicted octanol–water partition coefficient (Wildman–Crippen LogP) is 1.78. The molecule has 0 bridgehead atoms. The van der Waals surface area contributed by atoms with Crippen LogP contribution in [0.25, 0.3) is 0 Å². The molecule has 0 aromatic carbocycles. The molecule has 2 N–H and O–H groups in total. The van der Waals surface area contributed by atoms with Crippen LogP contribution in [-0.4, -0.2) is 22.5 Å². The molecule has 0 radical (unpaired) electrons. The number of aromatic nitrogens is 1. The highest BCUT2D eigenvalue weighted by Crippen LogP contribution is 2.26. The average molecular weight is 313 g/mol. The Morgan fingerprint density at radius 2 is 2.00 bits per heavy atom. The van der Waals surface area contributed by atoms with Crippen LogP contribution < -0.4 is 5.73 Å². The van der Waals surface area contributed by atoms with Crippen LogP contribution in [0.3, 0.4) is 0 Å². The van der Waals surface area contributed by atoms with Gasteiger partial charge in [0.2, 0.25) is 5.91 Å². The number of halogens is 4. The molecular weight excluding hydrogens is 305 g/mol. The van der Waals surface area contributed by atoms with E-state index in [0.717, 1.165) is 18.5 Å². The van der Waals surface area contributed by atoms with Gasteiger partial charge in [0.15, 0.2) is 0 Å². The minimum atomic E-state index is -4.49. The molecule has 94 valence electrons. The summed E-state index contributed by atoms with van der Waals surface area (Å²) in [4.78, 5) is 22.6. The number of nitrogens with zero attached hydrogens (tertiary/aromatic N) is 1. The Kier molecular flexibility index (Phi) is 6.40. The predicted molar refractivity (Wildman–Crippen MR) is 57.6 cm³/mol. The second-order valence-corrected chi connectivity index (χ2v) is 3.26. The molecule has 1 amide bonds.